The summed E-state index contributed by atoms with van der Waals surface area (Å²) in [6, 6.07) is 0. The SMILES string of the molecule is CC(C)(C)OC(=O)n1cnc(CCCS)c1. The van der Waals surface area contributed by atoms with E-state index in [1.807, 2.05) is 20.8 Å². The highest BCUT2D eigenvalue weighted by atomic mass is 32.1. The van der Waals surface area contributed by atoms with Crippen LogP contribution in [-0.2, 0) is 11.2 Å². The lowest BCUT2D eigenvalue weighted by Gasteiger charge is -2.19. The van der Waals surface area contributed by atoms with Crippen LogP contribution in [0.1, 0.15) is 32.9 Å². The molecule has 0 saturated carbocycles. The Morgan fingerprint density at radius 2 is 2.25 bits per heavy atom. The Morgan fingerprint density at radius 1 is 1.56 bits per heavy atom. The molecule has 0 N–H and O–H groups in total. The van der Waals surface area contributed by atoms with Gasteiger partial charge < -0.3 is 4.74 Å². The normalized spacial score (nSPS) is 11.5. The Labute approximate surface area is 101 Å². The van der Waals surface area contributed by atoms with E-state index in [2.05, 4.69) is 17.6 Å². The van der Waals surface area contributed by atoms with Gasteiger partial charge in [0.1, 0.15) is 11.9 Å². The quantitative estimate of drug-likeness (QED) is 0.828. The molecule has 1 aromatic heterocycles. The molecule has 0 aliphatic carbocycles. The number of rotatable bonds is 3. The summed E-state index contributed by atoms with van der Waals surface area (Å²) in [5.41, 5.74) is 0.409. The van der Waals surface area contributed by atoms with Gasteiger partial charge in [0.25, 0.3) is 0 Å². The molecule has 1 aromatic rings. The number of aryl methyl sites for hydroxylation is 1. The molecule has 16 heavy (non-hydrogen) atoms. The second kappa shape index (κ2) is 5.39. The van der Waals surface area contributed by atoms with Crippen LogP contribution in [0.25, 0.3) is 0 Å². The monoisotopic (exact) mass is 242 g/mol. The van der Waals surface area contributed by atoms with Gasteiger partial charge in [0.2, 0.25) is 0 Å². The maximum Gasteiger partial charge on any atom is 0.419 e. The maximum atomic E-state index is 11.6. The minimum absolute atomic E-state index is 0.392. The van der Waals surface area contributed by atoms with Gasteiger partial charge in [0.05, 0.1) is 5.69 Å². The number of carbonyl (C=O) groups excluding carboxylic acids is 1. The van der Waals surface area contributed by atoms with E-state index in [9.17, 15) is 4.79 Å². The third-order valence-electron chi connectivity index (χ3n) is 1.83. The lowest BCUT2D eigenvalue weighted by Crippen LogP contribution is -2.26. The highest BCUT2D eigenvalue weighted by Crippen LogP contribution is 2.09. The summed E-state index contributed by atoms with van der Waals surface area (Å²) in [6.45, 7) is 5.51. The van der Waals surface area contributed by atoms with Crippen molar-refractivity contribution in [2.45, 2.75) is 39.2 Å². The van der Waals surface area contributed by atoms with Crippen molar-refractivity contribution < 1.29 is 9.53 Å². The zero-order valence-corrected chi connectivity index (χ0v) is 10.8. The summed E-state index contributed by atoms with van der Waals surface area (Å²) in [7, 11) is 0. The summed E-state index contributed by atoms with van der Waals surface area (Å²) in [5.74, 6) is 0.819. The number of ether oxygens (including phenoxy) is 1. The van der Waals surface area contributed by atoms with Crippen molar-refractivity contribution in [1.82, 2.24) is 9.55 Å². The standard InChI is InChI=1S/C11H18N2O2S/c1-11(2,3)15-10(14)13-7-9(12-8-13)5-4-6-16/h7-8,16H,4-6H2,1-3H3. The van der Waals surface area contributed by atoms with E-state index >= 15 is 0 Å². The molecule has 0 atom stereocenters. The van der Waals surface area contributed by atoms with E-state index in [-0.39, 0.29) is 0 Å². The molecule has 0 aliphatic rings. The molecule has 5 heteroatoms. The largest absolute Gasteiger partial charge is 0.443 e. The van der Waals surface area contributed by atoms with Gasteiger partial charge in [-0.25, -0.2) is 14.3 Å². The zero-order chi connectivity index (χ0) is 12.2. The summed E-state index contributed by atoms with van der Waals surface area (Å²) >= 11 is 4.13. The number of hydrogen-bond donors (Lipinski definition) is 1. The zero-order valence-electron chi connectivity index (χ0n) is 9.93. The summed E-state index contributed by atoms with van der Waals surface area (Å²) in [5, 5.41) is 0. The average Bonchev–Trinajstić information content (AvgIpc) is 2.60. The number of aromatic nitrogens is 2. The van der Waals surface area contributed by atoms with Crippen LogP contribution in [-0.4, -0.2) is 27.0 Å². The van der Waals surface area contributed by atoms with Crippen molar-refractivity contribution >= 4 is 18.7 Å². The van der Waals surface area contributed by atoms with Gasteiger partial charge in [-0.2, -0.15) is 12.6 Å². The number of thiol groups is 1. The second-order valence-corrected chi connectivity index (χ2v) is 5.03. The first-order valence-corrected chi connectivity index (χ1v) is 5.93. The number of hydrogen-bond acceptors (Lipinski definition) is 4. The lowest BCUT2D eigenvalue weighted by molar-refractivity contribution is 0.0536. The molecule has 0 aromatic carbocycles. The van der Waals surface area contributed by atoms with Crippen LogP contribution in [0.2, 0.25) is 0 Å². The Morgan fingerprint density at radius 3 is 2.81 bits per heavy atom. The maximum absolute atomic E-state index is 11.6. The van der Waals surface area contributed by atoms with Crippen LogP contribution in [0.5, 0.6) is 0 Å². The van der Waals surface area contributed by atoms with Gasteiger partial charge >= 0.3 is 6.09 Å². The van der Waals surface area contributed by atoms with Crippen molar-refractivity contribution in [2.75, 3.05) is 5.75 Å². The van der Waals surface area contributed by atoms with Crippen LogP contribution >= 0.6 is 12.6 Å². The van der Waals surface area contributed by atoms with Crippen molar-refractivity contribution in [2.24, 2.45) is 0 Å². The molecule has 1 rings (SSSR count). The van der Waals surface area contributed by atoms with E-state index < -0.39 is 11.7 Å². The molecule has 0 aliphatic heterocycles. The molecular weight excluding hydrogens is 224 g/mol. The van der Waals surface area contributed by atoms with Crippen LogP contribution in [0.15, 0.2) is 12.5 Å². The van der Waals surface area contributed by atoms with Crippen LogP contribution < -0.4 is 0 Å². The van der Waals surface area contributed by atoms with Crippen LogP contribution in [0, 0.1) is 0 Å². The van der Waals surface area contributed by atoms with Gasteiger partial charge in [0.15, 0.2) is 0 Å². The molecule has 0 unspecified atom stereocenters. The van der Waals surface area contributed by atoms with Crippen LogP contribution in [0.4, 0.5) is 4.79 Å². The van der Waals surface area contributed by atoms with Crippen molar-refractivity contribution in [1.29, 1.82) is 0 Å². The highest BCUT2D eigenvalue weighted by Gasteiger charge is 2.17. The van der Waals surface area contributed by atoms with Gasteiger partial charge in [-0.1, -0.05) is 0 Å². The Balaban J connectivity index is 2.60. The lowest BCUT2D eigenvalue weighted by atomic mass is 10.2. The van der Waals surface area contributed by atoms with Crippen molar-refractivity contribution in [3.8, 4) is 0 Å². The number of carbonyl (C=O) groups is 1. The van der Waals surface area contributed by atoms with Gasteiger partial charge in [-0.15, -0.1) is 0 Å². The average molecular weight is 242 g/mol. The summed E-state index contributed by atoms with van der Waals surface area (Å²) in [6.07, 6.45) is 4.59. The minimum atomic E-state index is -0.480. The predicted molar refractivity (Wildman–Crippen MR) is 66.0 cm³/mol. The summed E-state index contributed by atoms with van der Waals surface area (Å²) in [4.78, 5) is 15.8. The second-order valence-electron chi connectivity index (χ2n) is 4.58. The molecule has 90 valence electrons. The number of nitrogens with zero attached hydrogens (tertiary/aromatic N) is 2. The van der Waals surface area contributed by atoms with E-state index in [0.29, 0.717) is 0 Å². The van der Waals surface area contributed by atoms with Gasteiger partial charge in [-0.3, -0.25) is 0 Å². The van der Waals surface area contributed by atoms with Crippen molar-refractivity contribution in [3.05, 3.63) is 18.2 Å². The van der Waals surface area contributed by atoms with Crippen molar-refractivity contribution in [3.63, 3.8) is 0 Å². The molecule has 0 fully saturated rings. The molecule has 1 heterocycles. The fourth-order valence-corrected chi connectivity index (χ4v) is 1.33. The molecule has 0 spiro atoms. The third kappa shape index (κ3) is 4.26. The van der Waals surface area contributed by atoms with E-state index in [4.69, 9.17) is 4.74 Å². The molecular formula is C11H18N2O2S. The molecule has 0 bridgehead atoms. The smallest absolute Gasteiger partial charge is 0.419 e. The minimum Gasteiger partial charge on any atom is -0.443 e. The number of imidazole rings is 1. The third-order valence-corrected chi connectivity index (χ3v) is 2.15. The Hall–Kier alpha value is -0.970. The van der Waals surface area contributed by atoms with E-state index in [1.165, 1.54) is 10.9 Å². The molecule has 0 saturated heterocycles. The van der Waals surface area contributed by atoms with Gasteiger partial charge in [0, 0.05) is 6.20 Å². The molecule has 4 nitrogen and oxygen atoms in total. The van der Waals surface area contributed by atoms with E-state index in [0.717, 1.165) is 24.3 Å². The Bertz CT molecular complexity index is 355. The Kier molecular flexibility index (Phi) is 4.41. The summed E-state index contributed by atoms with van der Waals surface area (Å²) < 4.78 is 6.58. The first-order chi connectivity index (χ1) is 7.42. The molecule has 0 radical (unpaired) electrons. The predicted octanol–water partition coefficient (Wildman–Crippen LogP) is 2.53. The topological polar surface area (TPSA) is 44.1 Å². The van der Waals surface area contributed by atoms with Gasteiger partial charge in [-0.05, 0) is 39.4 Å². The first-order valence-electron chi connectivity index (χ1n) is 5.29. The van der Waals surface area contributed by atoms with E-state index in [1.54, 1.807) is 6.20 Å². The fourth-order valence-electron chi connectivity index (χ4n) is 1.17. The molecule has 0 amide bonds. The van der Waals surface area contributed by atoms with Crippen LogP contribution in [0.3, 0.4) is 0 Å². The fraction of sp³-hybridized carbons (Fsp3) is 0.636. The highest BCUT2D eigenvalue weighted by molar-refractivity contribution is 7.80. The first kappa shape index (κ1) is 13.1.